The first kappa shape index (κ1) is 13.0. The summed E-state index contributed by atoms with van der Waals surface area (Å²) in [4.78, 5) is 4.17. The van der Waals surface area contributed by atoms with Crippen LogP contribution in [-0.4, -0.2) is 4.98 Å². The van der Waals surface area contributed by atoms with Gasteiger partial charge >= 0.3 is 0 Å². The zero-order valence-electron chi connectivity index (χ0n) is 12.1. The molecule has 0 spiro atoms. The predicted octanol–water partition coefficient (Wildman–Crippen LogP) is 4.07. The second kappa shape index (κ2) is 5.62. The molecule has 1 aromatic heterocycles. The van der Waals surface area contributed by atoms with Crippen molar-refractivity contribution in [2.45, 2.75) is 12.6 Å². The molecular formula is C19H16N2O. The number of rotatable bonds is 3. The van der Waals surface area contributed by atoms with E-state index in [-0.39, 0.29) is 6.04 Å². The van der Waals surface area contributed by atoms with E-state index in [0.717, 1.165) is 18.0 Å². The normalized spacial score (nSPS) is 13.1. The first-order valence-electron chi connectivity index (χ1n) is 7.40. The summed E-state index contributed by atoms with van der Waals surface area (Å²) < 4.78 is 6.01. The van der Waals surface area contributed by atoms with Gasteiger partial charge in [-0.15, -0.1) is 0 Å². The van der Waals surface area contributed by atoms with Gasteiger partial charge in [0.1, 0.15) is 11.5 Å². The molecule has 0 fully saturated rings. The molecule has 3 heteroatoms. The van der Waals surface area contributed by atoms with Gasteiger partial charge in [-0.2, -0.15) is 0 Å². The average Bonchev–Trinajstić information content (AvgIpc) is 2.59. The highest BCUT2D eigenvalue weighted by molar-refractivity contribution is 5.52. The van der Waals surface area contributed by atoms with E-state index in [1.807, 2.05) is 36.5 Å². The third kappa shape index (κ3) is 2.36. The summed E-state index contributed by atoms with van der Waals surface area (Å²) >= 11 is 0. The van der Waals surface area contributed by atoms with Gasteiger partial charge in [0.05, 0.1) is 6.04 Å². The molecule has 4 rings (SSSR count). The van der Waals surface area contributed by atoms with Crippen LogP contribution in [0.5, 0.6) is 11.5 Å². The van der Waals surface area contributed by atoms with Crippen molar-refractivity contribution < 1.29 is 4.74 Å². The molecule has 1 aliphatic rings. The summed E-state index contributed by atoms with van der Waals surface area (Å²) in [6.07, 6.45) is 3.69. The Labute approximate surface area is 129 Å². The summed E-state index contributed by atoms with van der Waals surface area (Å²) in [5, 5.41) is 3.63. The van der Waals surface area contributed by atoms with Crippen LogP contribution < -0.4 is 10.1 Å². The Morgan fingerprint density at radius 3 is 2.18 bits per heavy atom. The Morgan fingerprint density at radius 2 is 1.55 bits per heavy atom. The third-order valence-corrected chi connectivity index (χ3v) is 3.91. The number of ether oxygens (including phenoxy) is 1. The molecule has 1 aliphatic heterocycles. The van der Waals surface area contributed by atoms with E-state index >= 15 is 0 Å². The van der Waals surface area contributed by atoms with Crippen LogP contribution in [0, 0.1) is 0 Å². The summed E-state index contributed by atoms with van der Waals surface area (Å²) in [6, 6.07) is 20.5. The molecule has 22 heavy (non-hydrogen) atoms. The molecular weight excluding hydrogens is 272 g/mol. The zero-order valence-corrected chi connectivity index (χ0v) is 12.1. The molecule has 0 saturated carbocycles. The SMILES string of the molecule is c1cncc(CNC2c3ccccc3Oc3ccccc32)c1. The second-order valence-electron chi connectivity index (χ2n) is 5.35. The van der Waals surface area contributed by atoms with Crippen LogP contribution in [0.1, 0.15) is 22.7 Å². The van der Waals surface area contributed by atoms with Crippen LogP contribution in [0.15, 0.2) is 73.1 Å². The highest BCUT2D eigenvalue weighted by atomic mass is 16.5. The number of hydrogen-bond acceptors (Lipinski definition) is 3. The third-order valence-electron chi connectivity index (χ3n) is 3.91. The number of para-hydroxylation sites is 2. The van der Waals surface area contributed by atoms with Crippen molar-refractivity contribution in [3.63, 3.8) is 0 Å². The van der Waals surface area contributed by atoms with Gasteiger partial charge in [0.15, 0.2) is 0 Å². The molecule has 0 aliphatic carbocycles. The highest BCUT2D eigenvalue weighted by Crippen LogP contribution is 2.42. The molecule has 0 atom stereocenters. The van der Waals surface area contributed by atoms with Crippen LogP contribution in [-0.2, 0) is 6.54 Å². The topological polar surface area (TPSA) is 34.2 Å². The maximum atomic E-state index is 6.01. The smallest absolute Gasteiger partial charge is 0.132 e. The lowest BCUT2D eigenvalue weighted by Crippen LogP contribution is -2.25. The molecule has 0 amide bonds. The zero-order chi connectivity index (χ0) is 14.8. The highest BCUT2D eigenvalue weighted by Gasteiger charge is 2.26. The number of nitrogens with zero attached hydrogens (tertiary/aromatic N) is 1. The van der Waals surface area contributed by atoms with Crippen molar-refractivity contribution in [1.82, 2.24) is 10.3 Å². The molecule has 0 unspecified atom stereocenters. The average molecular weight is 288 g/mol. The van der Waals surface area contributed by atoms with Crippen molar-refractivity contribution in [1.29, 1.82) is 0 Å². The van der Waals surface area contributed by atoms with E-state index < -0.39 is 0 Å². The standard InChI is InChI=1S/C19H16N2O/c1-3-9-17-15(7-1)19(16-8-2-4-10-18(16)22-17)21-13-14-6-5-11-20-12-14/h1-12,19,21H,13H2. The molecule has 2 heterocycles. The van der Waals surface area contributed by atoms with Gasteiger partial charge in [-0.25, -0.2) is 0 Å². The number of pyridine rings is 1. The lowest BCUT2D eigenvalue weighted by atomic mass is 9.94. The van der Waals surface area contributed by atoms with Gasteiger partial charge in [-0.05, 0) is 23.8 Å². The van der Waals surface area contributed by atoms with E-state index in [9.17, 15) is 0 Å². The number of aromatic nitrogens is 1. The largest absolute Gasteiger partial charge is 0.457 e. The van der Waals surface area contributed by atoms with Crippen LogP contribution in [0.3, 0.4) is 0 Å². The van der Waals surface area contributed by atoms with Gasteiger partial charge in [-0.1, -0.05) is 42.5 Å². The molecule has 0 bridgehead atoms. The summed E-state index contributed by atoms with van der Waals surface area (Å²) in [5.41, 5.74) is 3.51. The first-order chi connectivity index (χ1) is 10.9. The van der Waals surface area contributed by atoms with Gasteiger partial charge in [0.2, 0.25) is 0 Å². The van der Waals surface area contributed by atoms with E-state index in [4.69, 9.17) is 4.74 Å². The second-order valence-corrected chi connectivity index (χ2v) is 5.35. The Bertz CT molecular complexity index is 741. The minimum absolute atomic E-state index is 0.126. The lowest BCUT2D eigenvalue weighted by Gasteiger charge is -2.29. The predicted molar refractivity (Wildman–Crippen MR) is 85.9 cm³/mol. The van der Waals surface area contributed by atoms with Gasteiger partial charge in [0.25, 0.3) is 0 Å². The Kier molecular flexibility index (Phi) is 3.33. The van der Waals surface area contributed by atoms with E-state index in [2.05, 4.69) is 40.6 Å². The number of benzene rings is 2. The molecule has 108 valence electrons. The Hall–Kier alpha value is -2.65. The van der Waals surface area contributed by atoms with E-state index in [0.29, 0.717) is 0 Å². The molecule has 3 nitrogen and oxygen atoms in total. The van der Waals surface area contributed by atoms with Crippen molar-refractivity contribution in [2.75, 3.05) is 0 Å². The van der Waals surface area contributed by atoms with Gasteiger partial charge in [-0.3, -0.25) is 4.98 Å². The monoisotopic (exact) mass is 288 g/mol. The van der Waals surface area contributed by atoms with Gasteiger partial charge < -0.3 is 10.1 Å². The van der Waals surface area contributed by atoms with Crippen molar-refractivity contribution >= 4 is 0 Å². The summed E-state index contributed by atoms with van der Waals surface area (Å²) in [6.45, 7) is 0.765. The lowest BCUT2D eigenvalue weighted by molar-refractivity contribution is 0.427. The van der Waals surface area contributed by atoms with Crippen LogP contribution in [0.4, 0.5) is 0 Å². The minimum atomic E-state index is 0.126. The number of hydrogen-bond donors (Lipinski definition) is 1. The van der Waals surface area contributed by atoms with Crippen molar-refractivity contribution in [3.8, 4) is 11.5 Å². The molecule has 1 N–H and O–H groups in total. The maximum Gasteiger partial charge on any atom is 0.132 e. The fourth-order valence-corrected chi connectivity index (χ4v) is 2.85. The van der Waals surface area contributed by atoms with Crippen LogP contribution in [0.25, 0.3) is 0 Å². The fourth-order valence-electron chi connectivity index (χ4n) is 2.85. The fraction of sp³-hybridized carbons (Fsp3) is 0.105. The minimum Gasteiger partial charge on any atom is -0.457 e. The van der Waals surface area contributed by atoms with Crippen LogP contribution in [0.2, 0.25) is 0 Å². The van der Waals surface area contributed by atoms with Crippen molar-refractivity contribution in [2.24, 2.45) is 0 Å². The number of fused-ring (bicyclic) bond motifs is 2. The Balaban J connectivity index is 1.69. The molecule has 0 radical (unpaired) electrons. The van der Waals surface area contributed by atoms with Crippen LogP contribution >= 0.6 is 0 Å². The number of nitrogens with one attached hydrogen (secondary N) is 1. The summed E-state index contributed by atoms with van der Waals surface area (Å²) in [5.74, 6) is 1.84. The van der Waals surface area contributed by atoms with E-state index in [1.54, 1.807) is 6.20 Å². The van der Waals surface area contributed by atoms with Gasteiger partial charge in [0, 0.05) is 30.1 Å². The maximum absolute atomic E-state index is 6.01. The van der Waals surface area contributed by atoms with Crippen molar-refractivity contribution in [3.05, 3.63) is 89.7 Å². The van der Waals surface area contributed by atoms with E-state index in [1.165, 1.54) is 16.7 Å². The summed E-state index contributed by atoms with van der Waals surface area (Å²) in [7, 11) is 0. The Morgan fingerprint density at radius 1 is 0.864 bits per heavy atom. The quantitative estimate of drug-likeness (QED) is 0.789. The molecule has 0 saturated heterocycles. The molecule has 3 aromatic rings. The molecule has 2 aromatic carbocycles. The first-order valence-corrected chi connectivity index (χ1v) is 7.40.